The molecule has 9 atom stereocenters. The molecule has 2 heterocycles. The van der Waals surface area contributed by atoms with E-state index in [0.717, 1.165) is 17.6 Å². The molecule has 0 aromatic carbocycles. The van der Waals surface area contributed by atoms with Crippen molar-refractivity contribution in [3.8, 4) is 0 Å². The van der Waals surface area contributed by atoms with E-state index in [1.807, 2.05) is 67.5 Å². The summed E-state index contributed by atoms with van der Waals surface area (Å²) < 4.78 is 12.0. The van der Waals surface area contributed by atoms with Gasteiger partial charge in [-0.1, -0.05) is 78.3 Å². The lowest BCUT2D eigenvalue weighted by molar-refractivity contribution is -0.280. The summed E-state index contributed by atoms with van der Waals surface area (Å²) in [5.41, 5.74) is 1.89. The molecular weight excluding hydrogens is 546 g/mol. The van der Waals surface area contributed by atoms with Gasteiger partial charge in [0.05, 0.1) is 12.2 Å². The molecule has 0 saturated carbocycles. The van der Waals surface area contributed by atoms with E-state index in [1.165, 1.54) is 4.90 Å². The number of amides is 1. The third kappa shape index (κ3) is 8.25. The number of hydrogen-bond donors (Lipinski definition) is 2. The first-order valence-corrected chi connectivity index (χ1v) is 16.3. The number of piperidine rings is 1. The Labute approximate surface area is 258 Å². The van der Waals surface area contributed by atoms with Crippen LogP contribution in [0.4, 0.5) is 0 Å². The van der Waals surface area contributed by atoms with Crippen LogP contribution in [0.1, 0.15) is 94.4 Å². The Bertz CT molecular complexity index is 1110. The second-order valence-electron chi connectivity index (χ2n) is 14.1. The van der Waals surface area contributed by atoms with E-state index in [1.54, 1.807) is 6.92 Å². The molecule has 3 rings (SSSR count). The molecule has 242 valence electrons. The van der Waals surface area contributed by atoms with Crippen LogP contribution >= 0.6 is 0 Å². The largest absolute Gasteiger partial charge is 0.456 e. The fraction of sp³-hybridized carbons (Fsp3) is 0.743. The van der Waals surface area contributed by atoms with E-state index in [4.69, 9.17) is 9.47 Å². The predicted octanol–water partition coefficient (Wildman–Crippen LogP) is 5.38. The fourth-order valence-corrected chi connectivity index (χ4v) is 6.99. The third-order valence-corrected chi connectivity index (χ3v) is 9.49. The van der Waals surface area contributed by atoms with Gasteiger partial charge >= 0.3 is 5.97 Å². The lowest BCUT2D eigenvalue weighted by Gasteiger charge is -2.46. The van der Waals surface area contributed by atoms with Crippen molar-refractivity contribution in [3.63, 3.8) is 0 Å². The molecule has 1 aliphatic carbocycles. The predicted molar refractivity (Wildman–Crippen MR) is 167 cm³/mol. The quantitative estimate of drug-likeness (QED) is 0.158. The van der Waals surface area contributed by atoms with Crippen molar-refractivity contribution in [2.24, 2.45) is 35.5 Å². The molecule has 43 heavy (non-hydrogen) atoms. The van der Waals surface area contributed by atoms with Crippen molar-refractivity contribution in [3.05, 3.63) is 35.5 Å². The summed E-state index contributed by atoms with van der Waals surface area (Å²) in [6.07, 6.45) is 10.0. The van der Waals surface area contributed by atoms with Crippen LogP contribution in [0.25, 0.3) is 0 Å². The first-order valence-electron chi connectivity index (χ1n) is 16.3. The van der Waals surface area contributed by atoms with Gasteiger partial charge in [-0.05, 0) is 81.1 Å². The van der Waals surface area contributed by atoms with E-state index in [9.17, 15) is 24.6 Å². The highest BCUT2D eigenvalue weighted by Gasteiger charge is 2.54. The Balaban J connectivity index is 1.76. The van der Waals surface area contributed by atoms with E-state index >= 15 is 0 Å². The average Bonchev–Trinajstić information content (AvgIpc) is 2.94. The molecule has 3 aliphatic rings. The molecule has 8 nitrogen and oxygen atoms in total. The number of ether oxygens (including phenoxy) is 2. The van der Waals surface area contributed by atoms with Gasteiger partial charge in [0.2, 0.25) is 5.79 Å². The first-order chi connectivity index (χ1) is 20.1. The number of aliphatic hydroxyl groups is 2. The zero-order valence-corrected chi connectivity index (χ0v) is 27.7. The van der Waals surface area contributed by atoms with E-state index in [0.29, 0.717) is 25.7 Å². The van der Waals surface area contributed by atoms with E-state index < -0.39 is 41.5 Å². The van der Waals surface area contributed by atoms with Crippen LogP contribution in [0.2, 0.25) is 0 Å². The maximum Gasteiger partial charge on any atom is 0.329 e. The molecule has 2 saturated heterocycles. The van der Waals surface area contributed by atoms with E-state index in [2.05, 4.69) is 12.2 Å². The van der Waals surface area contributed by atoms with Gasteiger partial charge < -0.3 is 24.6 Å². The molecule has 2 aliphatic heterocycles. The Morgan fingerprint density at radius 2 is 1.72 bits per heavy atom. The van der Waals surface area contributed by atoms with Gasteiger partial charge in [0.1, 0.15) is 12.1 Å². The molecule has 1 amide bonds. The highest BCUT2D eigenvalue weighted by molar-refractivity contribution is 6.39. The molecule has 9 unspecified atom stereocenters. The van der Waals surface area contributed by atoms with Crippen LogP contribution < -0.4 is 0 Å². The number of carbonyl (C=O) groups is 3. The number of Topliss-reactive ketones (excluding diaryl/α,β-unsaturated/α-hetero) is 1. The minimum absolute atomic E-state index is 0.0215. The number of likely N-dealkylation sites (tertiary alicyclic amines) is 1. The zero-order chi connectivity index (χ0) is 32.2. The molecule has 2 N–H and O–H groups in total. The maximum atomic E-state index is 13.6. The second-order valence-corrected chi connectivity index (χ2v) is 14.1. The molecule has 0 aromatic heterocycles. The summed E-state index contributed by atoms with van der Waals surface area (Å²) in [4.78, 5) is 42.1. The molecular formula is C35H55NO7. The van der Waals surface area contributed by atoms with Crippen LogP contribution in [0.3, 0.4) is 0 Å². The monoisotopic (exact) mass is 601 g/mol. The summed E-state index contributed by atoms with van der Waals surface area (Å²) in [5.74, 6) is -4.77. The van der Waals surface area contributed by atoms with Crippen molar-refractivity contribution >= 4 is 17.7 Å². The lowest BCUT2D eigenvalue weighted by atomic mass is 9.78. The summed E-state index contributed by atoms with van der Waals surface area (Å²) in [5, 5.41) is 21.7. The van der Waals surface area contributed by atoms with Crippen LogP contribution in [0.5, 0.6) is 0 Å². The number of allylic oxidation sites excluding steroid dienone is 4. The van der Waals surface area contributed by atoms with Crippen molar-refractivity contribution in [1.29, 1.82) is 0 Å². The molecule has 8 heteroatoms. The summed E-state index contributed by atoms with van der Waals surface area (Å²) >= 11 is 0. The maximum absolute atomic E-state index is 13.6. The SMILES string of the molecule is CC(=C\C1C=CC(C)C(O)C1)/C=C(\C)C(OC(=O)C1CCCCN1C(=O)C(=O)C1(O)OC(C(C)C)C(C)CC1C)C(C)C. The van der Waals surface area contributed by atoms with Gasteiger partial charge in [-0.3, -0.25) is 9.59 Å². The number of aliphatic hydroxyl groups excluding tert-OH is 1. The summed E-state index contributed by atoms with van der Waals surface area (Å²) in [6, 6.07) is -0.908. The Morgan fingerprint density at radius 3 is 2.33 bits per heavy atom. The average molecular weight is 602 g/mol. The zero-order valence-electron chi connectivity index (χ0n) is 27.7. The Kier molecular flexibility index (Phi) is 12.0. The molecule has 0 spiro atoms. The van der Waals surface area contributed by atoms with Gasteiger partial charge in [0.25, 0.3) is 11.7 Å². The number of carbonyl (C=O) groups excluding carboxylic acids is 3. The molecule has 0 aromatic rings. The smallest absolute Gasteiger partial charge is 0.329 e. The molecule has 0 radical (unpaired) electrons. The highest BCUT2D eigenvalue weighted by atomic mass is 16.6. The van der Waals surface area contributed by atoms with Crippen LogP contribution in [0, 0.1) is 35.5 Å². The topological polar surface area (TPSA) is 113 Å². The Morgan fingerprint density at radius 1 is 1.05 bits per heavy atom. The first kappa shape index (κ1) is 35.2. The van der Waals surface area contributed by atoms with Gasteiger partial charge in [-0.15, -0.1) is 0 Å². The minimum atomic E-state index is -2.23. The number of ketones is 1. The number of nitrogens with zero attached hydrogens (tertiary/aromatic N) is 1. The van der Waals surface area contributed by atoms with Crippen LogP contribution in [-0.4, -0.2) is 69.5 Å². The third-order valence-electron chi connectivity index (χ3n) is 9.49. The number of hydrogen-bond acceptors (Lipinski definition) is 7. The lowest BCUT2D eigenvalue weighted by Crippen LogP contribution is -2.62. The highest BCUT2D eigenvalue weighted by Crippen LogP contribution is 2.39. The van der Waals surface area contributed by atoms with Crippen molar-refractivity contribution in [2.75, 3.05) is 6.54 Å². The van der Waals surface area contributed by atoms with E-state index in [-0.39, 0.29) is 48.3 Å². The van der Waals surface area contributed by atoms with Crippen molar-refractivity contribution in [1.82, 2.24) is 4.90 Å². The van der Waals surface area contributed by atoms with Gasteiger partial charge in [-0.2, -0.15) is 0 Å². The number of rotatable bonds is 9. The molecule has 2 fully saturated rings. The van der Waals surface area contributed by atoms with Gasteiger partial charge in [0, 0.05) is 12.5 Å². The second kappa shape index (κ2) is 14.7. The fourth-order valence-electron chi connectivity index (χ4n) is 6.99. The number of esters is 1. The normalized spacial score (nSPS) is 34.8. The Hall–Kier alpha value is -2.29. The standard InChI is InChI=1S/C35H55NO7/c1-20(2)30(24(7)16-22(5)17-27-14-13-23(6)29(37)19-27)42-34(40)28-12-10-11-15-36(28)33(39)32(38)35(41)26(9)18-25(8)31(43-35)21(3)4/h13-14,16-17,20-21,23,25-31,37,41H,10-12,15,18-19H2,1-9H3/b22-17+,24-16+. The summed E-state index contributed by atoms with van der Waals surface area (Å²) in [6.45, 7) is 17.8. The van der Waals surface area contributed by atoms with Crippen molar-refractivity contribution in [2.45, 2.75) is 125 Å². The van der Waals surface area contributed by atoms with Crippen molar-refractivity contribution < 1.29 is 34.1 Å². The molecule has 0 bridgehead atoms. The van der Waals surface area contributed by atoms with Gasteiger partial charge in [0.15, 0.2) is 0 Å². The van der Waals surface area contributed by atoms with Crippen LogP contribution in [0.15, 0.2) is 35.5 Å². The van der Waals surface area contributed by atoms with Crippen LogP contribution in [-0.2, 0) is 23.9 Å². The van der Waals surface area contributed by atoms with Gasteiger partial charge in [-0.25, -0.2) is 4.79 Å². The summed E-state index contributed by atoms with van der Waals surface area (Å²) in [7, 11) is 0. The minimum Gasteiger partial charge on any atom is -0.456 e.